The van der Waals surface area contributed by atoms with Crippen molar-refractivity contribution < 1.29 is 9.84 Å². The molecule has 34 heavy (non-hydrogen) atoms. The minimum absolute atomic E-state index is 0.0299. The second kappa shape index (κ2) is 13.8. The van der Waals surface area contributed by atoms with Crippen LogP contribution in [0, 0.1) is 0 Å². The average molecular weight is 486 g/mol. The van der Waals surface area contributed by atoms with Gasteiger partial charge in [0.2, 0.25) is 5.95 Å². The summed E-state index contributed by atoms with van der Waals surface area (Å²) in [7, 11) is 1.88. The molecule has 4 rings (SSSR count). The first kappa shape index (κ1) is 25.9. The lowest BCUT2D eigenvalue weighted by Crippen LogP contribution is -2.39. The number of nitrogens with two attached hydrogens (primary N) is 1. The number of aromatic nitrogens is 2. The zero-order chi connectivity index (χ0) is 24.2. The first-order chi connectivity index (χ1) is 16.6. The second-order valence-electron chi connectivity index (χ2n) is 7.86. The third kappa shape index (κ3) is 7.93. The number of nitrogens with one attached hydrogen (secondary N) is 3. The van der Waals surface area contributed by atoms with Crippen molar-refractivity contribution >= 4 is 34.5 Å². The van der Waals surface area contributed by atoms with E-state index in [0.717, 1.165) is 61.2 Å². The first-order valence-electron chi connectivity index (χ1n) is 11.5. The van der Waals surface area contributed by atoms with E-state index >= 15 is 0 Å². The molecule has 6 N–H and O–H groups in total. The molecular weight excluding hydrogens is 450 g/mol. The Hall–Kier alpha value is -2.76. The van der Waals surface area contributed by atoms with Gasteiger partial charge in [-0.1, -0.05) is 6.07 Å². The number of rotatable bonds is 9. The molecule has 1 fully saturated rings. The summed E-state index contributed by atoms with van der Waals surface area (Å²) in [5, 5.41) is 20.9. The molecule has 1 aliphatic rings. The number of morpholine rings is 1. The van der Waals surface area contributed by atoms with Crippen LogP contribution in [0.1, 0.15) is 6.92 Å². The van der Waals surface area contributed by atoms with Crippen molar-refractivity contribution in [2.24, 2.45) is 5.73 Å². The Labute approximate surface area is 205 Å². The molecule has 1 aromatic carbocycles. The van der Waals surface area contributed by atoms with Crippen LogP contribution in [0.25, 0.3) is 10.4 Å². The summed E-state index contributed by atoms with van der Waals surface area (Å²) < 4.78 is 5.16. The largest absolute Gasteiger partial charge is 0.394 e. The van der Waals surface area contributed by atoms with Crippen LogP contribution in [0.5, 0.6) is 0 Å². The van der Waals surface area contributed by atoms with Gasteiger partial charge in [0.05, 0.1) is 25.4 Å². The number of anilines is 4. The molecular formula is C24H35N7O2S. The van der Waals surface area contributed by atoms with Gasteiger partial charge in [0.15, 0.2) is 0 Å². The van der Waals surface area contributed by atoms with Crippen molar-refractivity contribution in [1.82, 2.24) is 14.9 Å². The standard InChI is InChI=1S/C18H21N5OS.C6H14N2O/c1-12(11-24)21-17-15(16-4-3-9-25-16)10-20-18(23-17)22-14-7-5-13(19-2)6-8-14;7-1-2-8-3-5-9-6-4-8/h3-10,12,19,24H,11H2,1-2H3,(H2,20,21,22,23);1-7H2/t12-;/m1./s1. The number of aliphatic hydroxyl groups is 1. The van der Waals surface area contributed by atoms with Crippen LogP contribution in [-0.2, 0) is 4.74 Å². The van der Waals surface area contributed by atoms with Crippen LogP contribution in [0.3, 0.4) is 0 Å². The molecule has 9 nitrogen and oxygen atoms in total. The molecule has 1 saturated heterocycles. The van der Waals surface area contributed by atoms with E-state index in [1.807, 2.05) is 55.7 Å². The number of aliphatic hydroxyl groups excluding tert-OH is 1. The molecule has 3 aromatic rings. The summed E-state index contributed by atoms with van der Waals surface area (Å²) in [4.78, 5) is 12.4. The minimum atomic E-state index is -0.101. The number of nitrogens with zero attached hydrogens (tertiary/aromatic N) is 3. The Balaban J connectivity index is 0.000000302. The number of benzene rings is 1. The van der Waals surface area contributed by atoms with Gasteiger partial charge in [-0.3, -0.25) is 4.90 Å². The van der Waals surface area contributed by atoms with E-state index in [4.69, 9.17) is 10.5 Å². The molecule has 0 saturated carbocycles. The average Bonchev–Trinajstić information content (AvgIpc) is 3.41. The van der Waals surface area contributed by atoms with E-state index in [2.05, 4.69) is 30.8 Å². The van der Waals surface area contributed by atoms with E-state index in [1.165, 1.54) is 0 Å². The Kier molecular flexibility index (Phi) is 10.5. The Morgan fingerprint density at radius 3 is 2.53 bits per heavy atom. The van der Waals surface area contributed by atoms with Crippen molar-refractivity contribution in [2.45, 2.75) is 13.0 Å². The van der Waals surface area contributed by atoms with Crippen molar-refractivity contribution in [3.05, 3.63) is 48.0 Å². The van der Waals surface area contributed by atoms with E-state index in [1.54, 1.807) is 17.5 Å². The molecule has 0 spiro atoms. The molecule has 0 radical (unpaired) electrons. The maximum Gasteiger partial charge on any atom is 0.229 e. The van der Waals surface area contributed by atoms with Crippen LogP contribution >= 0.6 is 11.3 Å². The lowest BCUT2D eigenvalue weighted by atomic mass is 10.2. The van der Waals surface area contributed by atoms with Crippen LogP contribution in [0.4, 0.5) is 23.1 Å². The Morgan fingerprint density at radius 1 is 1.18 bits per heavy atom. The number of thiophene rings is 1. The van der Waals surface area contributed by atoms with E-state index < -0.39 is 0 Å². The fraction of sp³-hybridized carbons (Fsp3) is 0.417. The van der Waals surface area contributed by atoms with Gasteiger partial charge in [-0.25, -0.2) is 4.98 Å². The minimum Gasteiger partial charge on any atom is -0.394 e. The maximum absolute atomic E-state index is 9.35. The molecule has 0 unspecified atom stereocenters. The molecule has 1 atom stereocenters. The van der Waals surface area contributed by atoms with Crippen LogP contribution in [0.2, 0.25) is 0 Å². The summed E-state index contributed by atoms with van der Waals surface area (Å²) in [6.07, 6.45) is 1.80. The van der Waals surface area contributed by atoms with Crippen molar-refractivity contribution in [3.8, 4) is 10.4 Å². The maximum atomic E-state index is 9.35. The van der Waals surface area contributed by atoms with E-state index in [9.17, 15) is 5.11 Å². The number of hydrogen-bond acceptors (Lipinski definition) is 10. The van der Waals surface area contributed by atoms with Gasteiger partial charge in [0.1, 0.15) is 5.82 Å². The van der Waals surface area contributed by atoms with Gasteiger partial charge in [-0.05, 0) is 42.6 Å². The summed E-state index contributed by atoms with van der Waals surface area (Å²) in [5.41, 5.74) is 8.25. The SMILES string of the molecule is CNc1ccc(Nc2ncc(-c3cccs3)c(N[C@H](C)CO)n2)cc1.NCCN1CCOCC1. The van der Waals surface area contributed by atoms with Gasteiger partial charge < -0.3 is 31.5 Å². The van der Waals surface area contributed by atoms with E-state index in [0.29, 0.717) is 11.8 Å². The quantitative estimate of drug-likeness (QED) is 0.311. The third-order valence-electron chi connectivity index (χ3n) is 5.21. The second-order valence-corrected chi connectivity index (χ2v) is 8.80. The van der Waals surface area contributed by atoms with Gasteiger partial charge in [-0.15, -0.1) is 11.3 Å². The van der Waals surface area contributed by atoms with Gasteiger partial charge in [-0.2, -0.15) is 4.98 Å². The molecule has 184 valence electrons. The van der Waals surface area contributed by atoms with Gasteiger partial charge in [0, 0.05) is 61.7 Å². The summed E-state index contributed by atoms with van der Waals surface area (Å²) in [5.74, 6) is 1.21. The fourth-order valence-electron chi connectivity index (χ4n) is 3.30. The highest BCUT2D eigenvalue weighted by Gasteiger charge is 2.13. The summed E-state index contributed by atoms with van der Waals surface area (Å²) >= 11 is 1.63. The van der Waals surface area contributed by atoms with Crippen LogP contribution < -0.4 is 21.7 Å². The zero-order valence-corrected chi connectivity index (χ0v) is 20.6. The molecule has 2 aromatic heterocycles. The highest BCUT2D eigenvalue weighted by atomic mass is 32.1. The molecule has 1 aliphatic heterocycles. The van der Waals surface area contributed by atoms with Crippen molar-refractivity contribution in [1.29, 1.82) is 0 Å². The van der Waals surface area contributed by atoms with Gasteiger partial charge in [0.25, 0.3) is 0 Å². The third-order valence-corrected chi connectivity index (χ3v) is 6.11. The van der Waals surface area contributed by atoms with Crippen molar-refractivity contribution in [3.63, 3.8) is 0 Å². The lowest BCUT2D eigenvalue weighted by Gasteiger charge is -2.25. The highest BCUT2D eigenvalue weighted by molar-refractivity contribution is 7.13. The van der Waals surface area contributed by atoms with E-state index in [-0.39, 0.29) is 12.6 Å². The first-order valence-corrected chi connectivity index (χ1v) is 12.3. The molecule has 10 heteroatoms. The van der Waals surface area contributed by atoms with Crippen LogP contribution in [0.15, 0.2) is 48.0 Å². The molecule has 0 aliphatic carbocycles. The Morgan fingerprint density at radius 2 is 1.91 bits per heavy atom. The number of ether oxygens (including phenoxy) is 1. The predicted molar refractivity (Wildman–Crippen MR) is 141 cm³/mol. The summed E-state index contributed by atoms with van der Waals surface area (Å²) in [6, 6.07) is 11.8. The smallest absolute Gasteiger partial charge is 0.229 e. The predicted octanol–water partition coefficient (Wildman–Crippen LogP) is 3.06. The number of hydrogen-bond donors (Lipinski definition) is 5. The summed E-state index contributed by atoms with van der Waals surface area (Å²) in [6.45, 7) is 7.57. The zero-order valence-electron chi connectivity index (χ0n) is 19.8. The Bertz CT molecular complexity index is 961. The fourth-order valence-corrected chi connectivity index (χ4v) is 4.04. The monoisotopic (exact) mass is 485 g/mol. The topological polar surface area (TPSA) is 121 Å². The lowest BCUT2D eigenvalue weighted by molar-refractivity contribution is 0.0394. The molecule has 3 heterocycles. The normalized spacial score (nSPS) is 14.6. The molecule has 0 amide bonds. The van der Waals surface area contributed by atoms with Crippen LogP contribution in [-0.4, -0.2) is 79.1 Å². The molecule has 0 bridgehead atoms. The van der Waals surface area contributed by atoms with Crippen molar-refractivity contribution in [2.75, 3.05) is 69.0 Å². The van der Waals surface area contributed by atoms with Gasteiger partial charge >= 0.3 is 0 Å². The highest BCUT2D eigenvalue weighted by Crippen LogP contribution is 2.31.